The molecule has 1 atom stereocenters. The molecule has 0 spiro atoms. The molecule has 0 fully saturated rings. The predicted octanol–water partition coefficient (Wildman–Crippen LogP) is 2.67. The van der Waals surface area contributed by atoms with Crippen molar-refractivity contribution >= 4 is 22.9 Å². The zero-order valence-corrected chi connectivity index (χ0v) is 13.9. The van der Waals surface area contributed by atoms with Crippen LogP contribution in [0.1, 0.15) is 20.3 Å². The highest BCUT2D eigenvalue weighted by molar-refractivity contribution is 7.08. The van der Waals surface area contributed by atoms with Crippen molar-refractivity contribution in [3.8, 4) is 17.2 Å². The van der Waals surface area contributed by atoms with Crippen LogP contribution in [0.25, 0.3) is 11.1 Å². The zero-order valence-electron chi connectivity index (χ0n) is 13.1. The van der Waals surface area contributed by atoms with Crippen LogP contribution < -0.4 is 10.6 Å². The number of amides is 1. The van der Waals surface area contributed by atoms with Crippen LogP contribution in [0.2, 0.25) is 0 Å². The molecule has 0 aliphatic rings. The van der Waals surface area contributed by atoms with Gasteiger partial charge in [0.25, 0.3) is 0 Å². The molecule has 2 aromatic rings. The summed E-state index contributed by atoms with van der Waals surface area (Å²) in [7, 11) is 0. The molecule has 2 aromatic heterocycles. The van der Waals surface area contributed by atoms with Crippen molar-refractivity contribution < 1.29 is 4.79 Å². The van der Waals surface area contributed by atoms with E-state index in [4.69, 9.17) is 5.26 Å². The van der Waals surface area contributed by atoms with E-state index < -0.39 is 0 Å². The number of hydrogen-bond acceptors (Lipinski definition) is 6. The standard InChI is InChI=1S/C16H19N5OS/c1-11(2)5-14(16(22)20-4-3-17)21-15-9-23-8-13(15)12-6-18-10-19-7-12/h6-11,14,21H,4-5H2,1-2H3,(H,20,22)/t14-/m0/s1. The van der Waals surface area contributed by atoms with Gasteiger partial charge in [-0.1, -0.05) is 13.8 Å². The second-order valence-corrected chi connectivity index (χ2v) is 6.27. The van der Waals surface area contributed by atoms with Gasteiger partial charge < -0.3 is 10.6 Å². The number of thiophene rings is 1. The summed E-state index contributed by atoms with van der Waals surface area (Å²) < 4.78 is 0. The Morgan fingerprint density at radius 1 is 1.35 bits per heavy atom. The van der Waals surface area contributed by atoms with E-state index in [1.807, 2.05) is 16.8 Å². The lowest BCUT2D eigenvalue weighted by Gasteiger charge is -2.21. The summed E-state index contributed by atoms with van der Waals surface area (Å²) in [5, 5.41) is 18.5. The smallest absolute Gasteiger partial charge is 0.243 e. The van der Waals surface area contributed by atoms with Gasteiger partial charge in [-0.15, -0.1) is 11.3 Å². The summed E-state index contributed by atoms with van der Waals surface area (Å²) in [6.07, 6.45) is 5.65. The van der Waals surface area contributed by atoms with E-state index in [1.54, 1.807) is 23.7 Å². The molecule has 0 saturated carbocycles. The molecule has 120 valence electrons. The summed E-state index contributed by atoms with van der Waals surface area (Å²) in [6, 6.07) is 1.54. The number of nitrogens with one attached hydrogen (secondary N) is 2. The highest BCUT2D eigenvalue weighted by Crippen LogP contribution is 2.31. The van der Waals surface area contributed by atoms with Gasteiger partial charge in [-0.05, 0) is 12.3 Å². The van der Waals surface area contributed by atoms with Crippen molar-refractivity contribution in [2.45, 2.75) is 26.3 Å². The van der Waals surface area contributed by atoms with Crippen LogP contribution in [0.4, 0.5) is 5.69 Å². The first kappa shape index (κ1) is 16.9. The highest BCUT2D eigenvalue weighted by atomic mass is 32.1. The minimum atomic E-state index is -0.388. The average Bonchev–Trinajstić information content (AvgIpc) is 3.00. The fourth-order valence-electron chi connectivity index (χ4n) is 2.21. The van der Waals surface area contributed by atoms with Crippen LogP contribution in [0.3, 0.4) is 0 Å². The van der Waals surface area contributed by atoms with Crippen LogP contribution in [-0.4, -0.2) is 28.5 Å². The topological polar surface area (TPSA) is 90.7 Å². The van der Waals surface area contributed by atoms with Crippen molar-refractivity contribution in [3.05, 3.63) is 29.5 Å². The molecule has 2 N–H and O–H groups in total. The SMILES string of the molecule is CC(C)C[C@H](Nc1cscc1-c1cncnc1)C(=O)NCC#N. The summed E-state index contributed by atoms with van der Waals surface area (Å²) in [4.78, 5) is 20.3. The monoisotopic (exact) mass is 329 g/mol. The third-order valence-corrected chi connectivity index (χ3v) is 3.97. The van der Waals surface area contributed by atoms with Crippen LogP contribution >= 0.6 is 11.3 Å². The van der Waals surface area contributed by atoms with E-state index in [0.717, 1.165) is 16.8 Å². The number of nitrogens with zero attached hydrogens (tertiary/aromatic N) is 3. The Kier molecular flexibility index (Phi) is 6.06. The van der Waals surface area contributed by atoms with E-state index >= 15 is 0 Å². The fourth-order valence-corrected chi connectivity index (χ4v) is 3.01. The minimum Gasteiger partial charge on any atom is -0.372 e. The number of aromatic nitrogens is 2. The van der Waals surface area contributed by atoms with Crippen molar-refractivity contribution in [2.75, 3.05) is 11.9 Å². The maximum absolute atomic E-state index is 12.3. The number of anilines is 1. The van der Waals surface area contributed by atoms with Crippen molar-refractivity contribution in [2.24, 2.45) is 5.92 Å². The van der Waals surface area contributed by atoms with Crippen molar-refractivity contribution in [3.63, 3.8) is 0 Å². The third kappa shape index (κ3) is 4.76. The largest absolute Gasteiger partial charge is 0.372 e. The second kappa shape index (κ2) is 8.25. The van der Waals surface area contributed by atoms with E-state index in [9.17, 15) is 4.79 Å². The Morgan fingerprint density at radius 3 is 2.74 bits per heavy atom. The lowest BCUT2D eigenvalue weighted by Crippen LogP contribution is -2.40. The first-order valence-corrected chi connectivity index (χ1v) is 8.29. The Bertz CT molecular complexity index is 677. The Morgan fingerprint density at radius 2 is 2.09 bits per heavy atom. The molecule has 23 heavy (non-hydrogen) atoms. The van der Waals surface area contributed by atoms with Crippen molar-refractivity contribution in [1.29, 1.82) is 5.26 Å². The molecule has 7 heteroatoms. The van der Waals surface area contributed by atoms with Gasteiger partial charge in [-0.2, -0.15) is 5.26 Å². The number of carbonyl (C=O) groups is 1. The fraction of sp³-hybridized carbons (Fsp3) is 0.375. The quantitative estimate of drug-likeness (QED) is 0.762. The number of rotatable bonds is 7. The molecule has 0 aromatic carbocycles. The molecule has 0 radical (unpaired) electrons. The van der Waals surface area contributed by atoms with Gasteiger partial charge in [0.1, 0.15) is 18.9 Å². The Labute approximate surface area is 139 Å². The zero-order chi connectivity index (χ0) is 16.7. The Hall–Kier alpha value is -2.46. The van der Waals surface area contributed by atoms with Gasteiger partial charge in [-0.25, -0.2) is 9.97 Å². The first-order chi connectivity index (χ1) is 11.1. The van der Waals surface area contributed by atoms with Gasteiger partial charge in [0.2, 0.25) is 5.91 Å². The molecule has 2 rings (SSSR count). The van der Waals surface area contributed by atoms with Gasteiger partial charge in [0.05, 0.1) is 11.8 Å². The normalized spacial score (nSPS) is 11.7. The highest BCUT2D eigenvalue weighted by Gasteiger charge is 2.21. The van der Waals surface area contributed by atoms with Gasteiger partial charge in [0, 0.05) is 34.3 Å². The summed E-state index contributed by atoms with van der Waals surface area (Å²) in [6.45, 7) is 4.13. The van der Waals surface area contributed by atoms with E-state index in [1.165, 1.54) is 6.33 Å². The predicted molar refractivity (Wildman–Crippen MR) is 90.8 cm³/mol. The molecule has 0 saturated heterocycles. The Balaban J connectivity index is 2.19. The second-order valence-electron chi connectivity index (χ2n) is 5.53. The number of hydrogen-bond donors (Lipinski definition) is 2. The summed E-state index contributed by atoms with van der Waals surface area (Å²) in [5.41, 5.74) is 2.75. The van der Waals surface area contributed by atoms with Crippen molar-refractivity contribution in [1.82, 2.24) is 15.3 Å². The summed E-state index contributed by atoms with van der Waals surface area (Å²) in [5.74, 6) is 0.184. The molecule has 0 bridgehead atoms. The molecule has 0 unspecified atom stereocenters. The molecule has 2 heterocycles. The number of nitriles is 1. The molecular formula is C16H19N5OS. The molecular weight excluding hydrogens is 310 g/mol. The first-order valence-electron chi connectivity index (χ1n) is 7.34. The van der Waals surface area contributed by atoms with Gasteiger partial charge in [0.15, 0.2) is 0 Å². The van der Waals surface area contributed by atoms with Crippen LogP contribution in [0.15, 0.2) is 29.5 Å². The van der Waals surface area contributed by atoms with E-state index in [2.05, 4.69) is 34.4 Å². The number of carbonyl (C=O) groups excluding carboxylic acids is 1. The molecule has 0 aliphatic carbocycles. The minimum absolute atomic E-state index is 0.0120. The lowest BCUT2D eigenvalue weighted by atomic mass is 10.0. The van der Waals surface area contributed by atoms with Gasteiger partial charge in [-0.3, -0.25) is 4.79 Å². The van der Waals surface area contributed by atoms with E-state index in [-0.39, 0.29) is 18.5 Å². The van der Waals surface area contributed by atoms with Crippen LogP contribution in [0.5, 0.6) is 0 Å². The molecule has 0 aliphatic heterocycles. The van der Waals surface area contributed by atoms with Crippen LogP contribution in [0, 0.1) is 17.2 Å². The van der Waals surface area contributed by atoms with Crippen LogP contribution in [-0.2, 0) is 4.79 Å². The maximum atomic E-state index is 12.3. The molecule has 6 nitrogen and oxygen atoms in total. The van der Waals surface area contributed by atoms with E-state index in [0.29, 0.717) is 12.3 Å². The molecule has 1 amide bonds. The third-order valence-electron chi connectivity index (χ3n) is 3.23. The average molecular weight is 329 g/mol. The lowest BCUT2D eigenvalue weighted by molar-refractivity contribution is -0.121. The summed E-state index contributed by atoms with van der Waals surface area (Å²) >= 11 is 1.55. The maximum Gasteiger partial charge on any atom is 0.243 e. The van der Waals surface area contributed by atoms with Gasteiger partial charge >= 0.3 is 0 Å².